The molecular weight excluding hydrogens is 533 g/mol. The van der Waals surface area contributed by atoms with Gasteiger partial charge in [-0.15, -0.1) is 0 Å². The van der Waals surface area contributed by atoms with Crippen LogP contribution < -0.4 is 0 Å². The molecule has 0 unspecified atom stereocenters. The fraction of sp³-hybridized carbons (Fsp3) is 0.412. The van der Waals surface area contributed by atoms with Crippen LogP contribution in [0.1, 0.15) is 41.5 Å². The van der Waals surface area contributed by atoms with Crippen LogP contribution in [0.15, 0.2) is 0 Å². The molecule has 0 aromatic carbocycles. The first kappa shape index (κ1) is 33.0. The van der Waals surface area contributed by atoms with Gasteiger partial charge in [0, 0.05) is 20.1 Å². The number of halogens is 3. The first-order chi connectivity index (χ1) is 10.7. The Kier molecular flexibility index (Phi) is 20.3. The van der Waals surface area contributed by atoms with Crippen molar-refractivity contribution >= 4 is 10.1 Å². The largest absolute Gasteiger partial charge is 0.741 e. The molecule has 0 bridgehead atoms. The molecule has 25 heavy (non-hydrogen) atoms. The van der Waals surface area contributed by atoms with Crippen molar-refractivity contribution in [1.29, 1.82) is 0 Å². The summed E-state index contributed by atoms with van der Waals surface area (Å²) in [5.74, 6) is 7.34. The molecule has 8 heteroatoms. The van der Waals surface area contributed by atoms with E-state index < -0.39 is 15.6 Å². The van der Waals surface area contributed by atoms with Gasteiger partial charge in [0.15, 0.2) is 10.1 Å². The summed E-state index contributed by atoms with van der Waals surface area (Å²) in [6.07, 6.45) is 3.64. The molecule has 1 fully saturated rings. The first-order valence-corrected chi connectivity index (χ1v) is 8.25. The second-order valence-electron chi connectivity index (χ2n) is 4.59. The fourth-order valence-corrected chi connectivity index (χ4v) is 1.41. The van der Waals surface area contributed by atoms with Crippen LogP contribution in [-0.2, 0) is 30.2 Å². The van der Waals surface area contributed by atoms with Gasteiger partial charge in [-0.2, -0.15) is 13.2 Å². The fourth-order valence-electron chi connectivity index (χ4n) is 1.41. The second kappa shape index (κ2) is 15.4. The molecule has 0 amide bonds. The monoisotopic (exact) mass is 560 g/mol. The quantitative estimate of drug-likeness (QED) is 0.339. The van der Waals surface area contributed by atoms with E-state index in [1.54, 1.807) is 6.42 Å². The Balaban J connectivity index is -0.000000133. The summed E-state index contributed by atoms with van der Waals surface area (Å²) in [4.78, 5) is 0. The van der Waals surface area contributed by atoms with E-state index in [9.17, 15) is 13.2 Å². The van der Waals surface area contributed by atoms with E-state index in [1.165, 1.54) is 29.6 Å². The standard InChI is InChI=1S/C10H15.C4H7.C2H4.CHF3O3S.Ir/c1-6-7(2)9(4)10(5)8(6)3;1-3-4-2;1-2;2-1(3,4)8(5,6)7;/h1-5H3;3-4H,1H2,2H3;1-2H2;(H,5,6,7);/p-1. The van der Waals surface area contributed by atoms with Crippen molar-refractivity contribution in [1.82, 2.24) is 0 Å². The SMILES string of the molecule is C[C]1[C](C)[C](C)[C](C)[C]1C.O=S(=O)([O-])C(F)(F)F.[CH2][CH2].[CH2][CH][CH]C.[Ir]. The average molecular weight is 560 g/mol. The van der Waals surface area contributed by atoms with Gasteiger partial charge in [0.05, 0.1) is 0 Å². The molecular formula is C17H26F3IrO3S-. The van der Waals surface area contributed by atoms with Crippen molar-refractivity contribution in [2.75, 3.05) is 0 Å². The Morgan fingerprint density at radius 3 is 1.04 bits per heavy atom. The van der Waals surface area contributed by atoms with Crippen molar-refractivity contribution in [2.45, 2.75) is 47.1 Å². The number of hydrogen-bond donors (Lipinski definition) is 0. The third-order valence-corrected chi connectivity index (χ3v) is 3.90. The van der Waals surface area contributed by atoms with Crippen LogP contribution in [0.4, 0.5) is 13.2 Å². The molecule has 0 heterocycles. The third kappa shape index (κ3) is 13.2. The smallest absolute Gasteiger partial charge is 0.485 e. The number of unbranched alkanes of at least 4 members (excludes halogenated alkanes) is 1. The summed E-state index contributed by atoms with van der Waals surface area (Å²) < 4.78 is 58.9. The summed E-state index contributed by atoms with van der Waals surface area (Å²) in [6.45, 7) is 22.4. The Morgan fingerprint density at radius 1 is 0.880 bits per heavy atom. The molecule has 3 nitrogen and oxygen atoms in total. The molecule has 149 valence electrons. The topological polar surface area (TPSA) is 57.2 Å². The van der Waals surface area contributed by atoms with Gasteiger partial charge in [-0.1, -0.05) is 55.4 Å². The van der Waals surface area contributed by atoms with Gasteiger partial charge in [-0.05, 0) is 49.4 Å². The molecule has 0 atom stereocenters. The summed E-state index contributed by atoms with van der Waals surface area (Å²) in [5, 5.41) is 0. The Morgan fingerprint density at radius 2 is 1.00 bits per heavy atom. The molecule has 0 spiro atoms. The average Bonchev–Trinajstić information content (AvgIpc) is 2.66. The van der Waals surface area contributed by atoms with Gasteiger partial charge < -0.3 is 4.55 Å². The molecule has 0 saturated heterocycles. The maximum atomic E-state index is 10.7. The van der Waals surface area contributed by atoms with Crippen LogP contribution in [0.5, 0.6) is 0 Å². The molecule has 1 aliphatic rings. The Labute approximate surface area is 166 Å². The molecule has 1 rings (SSSR count). The van der Waals surface area contributed by atoms with Gasteiger partial charge in [0.2, 0.25) is 0 Å². The van der Waals surface area contributed by atoms with E-state index in [4.69, 9.17) is 13.0 Å². The molecule has 0 aromatic heterocycles. The van der Waals surface area contributed by atoms with E-state index >= 15 is 0 Å². The van der Waals surface area contributed by atoms with Crippen molar-refractivity contribution in [3.8, 4) is 0 Å². The van der Waals surface area contributed by atoms with E-state index in [2.05, 4.69) is 55.4 Å². The van der Waals surface area contributed by atoms with Crippen LogP contribution >= 0.6 is 0 Å². The van der Waals surface area contributed by atoms with E-state index in [-0.39, 0.29) is 20.1 Å². The van der Waals surface area contributed by atoms with E-state index in [0.717, 1.165) is 0 Å². The van der Waals surface area contributed by atoms with Crippen molar-refractivity contribution < 1.29 is 46.2 Å². The number of alkyl halides is 3. The molecule has 0 aliphatic heterocycles. The predicted octanol–water partition coefficient (Wildman–Crippen LogP) is 4.92. The minimum Gasteiger partial charge on any atom is -0.741 e. The molecule has 1 aliphatic carbocycles. The molecule has 0 aromatic rings. The first-order valence-electron chi connectivity index (χ1n) is 6.84. The summed E-state index contributed by atoms with van der Waals surface area (Å²) in [5.41, 5.74) is -5.65. The summed E-state index contributed by atoms with van der Waals surface area (Å²) in [7, 11) is -6.09. The van der Waals surface area contributed by atoms with Crippen molar-refractivity contribution in [3.63, 3.8) is 0 Å². The zero-order valence-corrected chi connectivity index (χ0v) is 18.6. The van der Waals surface area contributed by atoms with Gasteiger partial charge in [-0.3, -0.25) is 0 Å². The summed E-state index contributed by atoms with van der Waals surface area (Å²) in [6, 6.07) is 0. The van der Waals surface area contributed by atoms with Crippen LogP contribution in [0.3, 0.4) is 0 Å². The van der Waals surface area contributed by atoms with Crippen LogP contribution in [0.25, 0.3) is 0 Å². The number of rotatable bonds is 1. The van der Waals surface area contributed by atoms with Crippen LogP contribution in [0.2, 0.25) is 0 Å². The third-order valence-electron chi connectivity index (χ3n) is 3.33. The maximum absolute atomic E-state index is 10.7. The minimum atomic E-state index is -6.09. The Bertz CT molecular complexity index is 354. The van der Waals surface area contributed by atoms with Crippen LogP contribution in [0, 0.1) is 63.2 Å². The molecule has 0 N–H and O–H groups in total. The minimum absolute atomic E-state index is 0. The normalized spacial score (nSPS) is 17.3. The van der Waals surface area contributed by atoms with Gasteiger partial charge >= 0.3 is 5.51 Å². The maximum Gasteiger partial charge on any atom is 0.485 e. The Hall–Kier alpha value is 0.349. The zero-order chi connectivity index (χ0) is 20.3. The second-order valence-corrected chi connectivity index (χ2v) is 5.97. The van der Waals surface area contributed by atoms with Crippen molar-refractivity contribution in [3.05, 3.63) is 63.2 Å². The van der Waals surface area contributed by atoms with Crippen LogP contribution in [-0.4, -0.2) is 18.5 Å². The van der Waals surface area contributed by atoms with E-state index in [1.807, 2.05) is 13.3 Å². The van der Waals surface area contributed by atoms with Gasteiger partial charge in [0.25, 0.3) is 0 Å². The summed E-state index contributed by atoms with van der Waals surface area (Å²) >= 11 is 0. The van der Waals surface area contributed by atoms with E-state index in [0.29, 0.717) is 0 Å². The van der Waals surface area contributed by atoms with Gasteiger partial charge in [-0.25, -0.2) is 8.42 Å². The zero-order valence-electron chi connectivity index (χ0n) is 15.4. The van der Waals surface area contributed by atoms with Gasteiger partial charge in [0.1, 0.15) is 0 Å². The predicted molar refractivity (Wildman–Crippen MR) is 90.7 cm³/mol. The molecule has 1 saturated carbocycles. The molecule has 11 radical (unpaired) electrons. The number of hydrogen-bond acceptors (Lipinski definition) is 3. The van der Waals surface area contributed by atoms with Crippen molar-refractivity contribution in [2.24, 2.45) is 0 Å².